The standard InChI is InChI=1S/C12H6BrN3O2/c13-7-1-4-15-10(5-7)16-11(17)8-2-3-14-6-9(8)12(16)18/h1-6H. The van der Waals surface area contributed by atoms with E-state index in [4.69, 9.17) is 0 Å². The summed E-state index contributed by atoms with van der Waals surface area (Å²) < 4.78 is 0.752. The summed E-state index contributed by atoms with van der Waals surface area (Å²) >= 11 is 3.28. The summed E-state index contributed by atoms with van der Waals surface area (Å²) in [6.07, 6.45) is 4.41. The molecule has 0 fully saturated rings. The second kappa shape index (κ2) is 3.99. The van der Waals surface area contributed by atoms with E-state index < -0.39 is 5.91 Å². The Labute approximate surface area is 111 Å². The molecule has 1 aliphatic heterocycles. The third-order valence-electron chi connectivity index (χ3n) is 2.62. The van der Waals surface area contributed by atoms with Crippen molar-refractivity contribution in [3.8, 4) is 0 Å². The van der Waals surface area contributed by atoms with Crippen LogP contribution in [0.2, 0.25) is 0 Å². The fourth-order valence-corrected chi connectivity index (χ4v) is 2.13. The van der Waals surface area contributed by atoms with Gasteiger partial charge in [0.25, 0.3) is 11.8 Å². The first-order chi connectivity index (χ1) is 8.68. The minimum Gasteiger partial charge on any atom is -0.268 e. The van der Waals surface area contributed by atoms with Crippen molar-refractivity contribution in [1.82, 2.24) is 9.97 Å². The minimum absolute atomic E-state index is 0.301. The average molecular weight is 304 g/mol. The van der Waals surface area contributed by atoms with Gasteiger partial charge in [-0.2, -0.15) is 0 Å². The van der Waals surface area contributed by atoms with Gasteiger partial charge in [-0.25, -0.2) is 9.88 Å². The zero-order valence-corrected chi connectivity index (χ0v) is 10.6. The van der Waals surface area contributed by atoms with Crippen molar-refractivity contribution in [2.24, 2.45) is 0 Å². The van der Waals surface area contributed by atoms with Crippen molar-refractivity contribution in [2.75, 3.05) is 4.90 Å². The molecule has 88 valence electrons. The molecule has 0 radical (unpaired) electrons. The van der Waals surface area contributed by atoms with Gasteiger partial charge in [-0.15, -0.1) is 0 Å². The van der Waals surface area contributed by atoms with Gasteiger partial charge in [0.05, 0.1) is 11.1 Å². The molecule has 0 aromatic carbocycles. The number of aromatic nitrogens is 2. The third-order valence-corrected chi connectivity index (χ3v) is 3.12. The van der Waals surface area contributed by atoms with Crippen LogP contribution in [0.15, 0.2) is 41.3 Å². The summed E-state index contributed by atoms with van der Waals surface area (Å²) in [5.74, 6) is -0.465. The quantitative estimate of drug-likeness (QED) is 0.756. The molecule has 0 bridgehead atoms. The maximum atomic E-state index is 12.1. The topological polar surface area (TPSA) is 63.2 Å². The highest BCUT2D eigenvalue weighted by molar-refractivity contribution is 9.10. The first-order valence-electron chi connectivity index (χ1n) is 5.13. The van der Waals surface area contributed by atoms with Crippen LogP contribution in [-0.4, -0.2) is 21.8 Å². The lowest BCUT2D eigenvalue weighted by molar-refractivity contribution is 0.0925. The van der Waals surface area contributed by atoms with Gasteiger partial charge in [0, 0.05) is 23.1 Å². The van der Waals surface area contributed by atoms with E-state index >= 15 is 0 Å². The zero-order chi connectivity index (χ0) is 12.7. The summed E-state index contributed by atoms with van der Waals surface area (Å²) in [7, 11) is 0. The number of fused-ring (bicyclic) bond motifs is 1. The predicted molar refractivity (Wildman–Crippen MR) is 67.3 cm³/mol. The highest BCUT2D eigenvalue weighted by Gasteiger charge is 2.37. The van der Waals surface area contributed by atoms with E-state index in [1.54, 1.807) is 12.1 Å². The number of rotatable bonds is 1. The maximum absolute atomic E-state index is 12.1. The number of halogens is 1. The molecule has 5 nitrogen and oxygen atoms in total. The number of carbonyl (C=O) groups is 2. The second-order valence-electron chi connectivity index (χ2n) is 3.70. The Hall–Kier alpha value is -2.08. The van der Waals surface area contributed by atoms with Crippen LogP contribution >= 0.6 is 15.9 Å². The number of pyridine rings is 2. The molecule has 0 saturated heterocycles. The van der Waals surface area contributed by atoms with Crippen molar-refractivity contribution in [3.63, 3.8) is 0 Å². The smallest absolute Gasteiger partial charge is 0.268 e. The Bertz CT molecular complexity index is 637. The fourth-order valence-electron chi connectivity index (χ4n) is 1.81. The highest BCUT2D eigenvalue weighted by atomic mass is 79.9. The van der Waals surface area contributed by atoms with E-state index in [0.717, 1.165) is 9.37 Å². The van der Waals surface area contributed by atoms with Crippen LogP contribution in [0.25, 0.3) is 0 Å². The van der Waals surface area contributed by atoms with Crippen molar-refractivity contribution < 1.29 is 9.59 Å². The Morgan fingerprint density at radius 1 is 1.06 bits per heavy atom. The van der Waals surface area contributed by atoms with Crippen molar-refractivity contribution >= 4 is 33.6 Å². The molecule has 3 heterocycles. The third kappa shape index (κ3) is 1.53. The van der Waals surface area contributed by atoms with Crippen molar-refractivity contribution in [2.45, 2.75) is 0 Å². The molecule has 2 aromatic heterocycles. The Morgan fingerprint density at radius 2 is 1.83 bits per heavy atom. The van der Waals surface area contributed by atoms with Crippen LogP contribution in [0.4, 0.5) is 5.82 Å². The van der Waals surface area contributed by atoms with Gasteiger partial charge in [0.2, 0.25) is 0 Å². The van der Waals surface area contributed by atoms with Crippen molar-refractivity contribution in [1.29, 1.82) is 0 Å². The lowest BCUT2D eigenvalue weighted by Gasteiger charge is -2.12. The lowest BCUT2D eigenvalue weighted by atomic mass is 10.2. The fraction of sp³-hybridized carbons (Fsp3) is 0. The van der Waals surface area contributed by atoms with Gasteiger partial charge in [-0.1, -0.05) is 15.9 Å². The lowest BCUT2D eigenvalue weighted by Crippen LogP contribution is -2.30. The molecule has 6 heteroatoms. The molecule has 2 aromatic rings. The predicted octanol–water partition coefficient (Wildman–Crippen LogP) is 2.04. The Balaban J connectivity index is 2.12. The van der Waals surface area contributed by atoms with Crippen LogP contribution < -0.4 is 4.90 Å². The number of hydrogen-bond acceptors (Lipinski definition) is 4. The molecule has 0 unspecified atom stereocenters. The normalized spacial score (nSPS) is 13.9. The first-order valence-corrected chi connectivity index (χ1v) is 5.92. The number of nitrogens with zero attached hydrogens (tertiary/aromatic N) is 3. The maximum Gasteiger partial charge on any atom is 0.268 e. The SMILES string of the molecule is O=C1c2ccncc2C(=O)N1c1cc(Br)ccn1. The van der Waals surface area contributed by atoms with E-state index in [2.05, 4.69) is 25.9 Å². The van der Waals surface area contributed by atoms with E-state index in [1.165, 1.54) is 24.7 Å². The molecule has 0 aliphatic carbocycles. The molecule has 1 aliphatic rings. The number of anilines is 1. The van der Waals surface area contributed by atoms with Gasteiger partial charge in [-0.05, 0) is 18.2 Å². The minimum atomic E-state index is -0.395. The molecular formula is C12H6BrN3O2. The van der Waals surface area contributed by atoms with E-state index in [-0.39, 0.29) is 5.91 Å². The van der Waals surface area contributed by atoms with E-state index in [9.17, 15) is 9.59 Å². The number of amides is 2. The molecule has 0 atom stereocenters. The van der Waals surface area contributed by atoms with Crippen LogP contribution in [0.3, 0.4) is 0 Å². The van der Waals surface area contributed by atoms with Crippen LogP contribution in [0.5, 0.6) is 0 Å². The summed E-state index contributed by atoms with van der Waals surface area (Å²) in [6.45, 7) is 0. The summed E-state index contributed by atoms with van der Waals surface area (Å²) in [5.41, 5.74) is 0.668. The molecular weight excluding hydrogens is 298 g/mol. The van der Waals surface area contributed by atoms with Gasteiger partial charge in [-0.3, -0.25) is 14.6 Å². The summed E-state index contributed by atoms with van der Waals surface area (Å²) in [5, 5.41) is 0. The van der Waals surface area contributed by atoms with Crippen LogP contribution in [0.1, 0.15) is 20.7 Å². The van der Waals surface area contributed by atoms with Gasteiger partial charge in [0.1, 0.15) is 5.82 Å². The largest absolute Gasteiger partial charge is 0.268 e. The number of hydrogen-bond donors (Lipinski definition) is 0. The molecule has 2 amide bonds. The molecule has 18 heavy (non-hydrogen) atoms. The Kier molecular flexibility index (Phi) is 2.45. The molecule has 0 spiro atoms. The number of carbonyl (C=O) groups excluding carboxylic acids is 2. The monoisotopic (exact) mass is 303 g/mol. The summed E-state index contributed by atoms with van der Waals surface area (Å²) in [4.78, 5) is 33.2. The second-order valence-corrected chi connectivity index (χ2v) is 4.61. The Morgan fingerprint density at radius 3 is 2.56 bits per heavy atom. The van der Waals surface area contributed by atoms with E-state index in [1.807, 2.05) is 0 Å². The van der Waals surface area contributed by atoms with Crippen LogP contribution in [0, 0.1) is 0 Å². The number of imide groups is 1. The highest BCUT2D eigenvalue weighted by Crippen LogP contribution is 2.27. The van der Waals surface area contributed by atoms with E-state index in [0.29, 0.717) is 16.9 Å². The molecule has 3 rings (SSSR count). The zero-order valence-electron chi connectivity index (χ0n) is 9.00. The first kappa shape index (κ1) is 11.0. The van der Waals surface area contributed by atoms with Crippen LogP contribution in [-0.2, 0) is 0 Å². The van der Waals surface area contributed by atoms with Gasteiger partial charge < -0.3 is 0 Å². The molecule has 0 saturated carbocycles. The summed E-state index contributed by atoms with van der Waals surface area (Å²) in [6, 6.07) is 4.88. The molecule has 0 N–H and O–H groups in total. The van der Waals surface area contributed by atoms with Gasteiger partial charge >= 0.3 is 0 Å². The van der Waals surface area contributed by atoms with Crippen molar-refractivity contribution in [3.05, 3.63) is 52.4 Å². The average Bonchev–Trinajstić information content (AvgIpc) is 2.63. The van der Waals surface area contributed by atoms with Gasteiger partial charge in [0.15, 0.2) is 0 Å².